The average molecular weight is 749 g/mol. The molecule has 3 heterocycles. The highest BCUT2D eigenvalue weighted by Crippen LogP contribution is 2.39. The van der Waals surface area contributed by atoms with E-state index >= 15 is 0 Å². The van der Waals surface area contributed by atoms with Crippen LogP contribution in [0.2, 0.25) is 0 Å². The van der Waals surface area contributed by atoms with Crippen molar-refractivity contribution in [3.8, 4) is 62.1 Å². The van der Waals surface area contributed by atoms with Crippen molar-refractivity contribution in [1.82, 2.24) is 19.5 Å². The van der Waals surface area contributed by atoms with E-state index in [1.165, 1.54) is 5.39 Å². The highest BCUT2D eigenvalue weighted by molar-refractivity contribution is 6.11. The van der Waals surface area contributed by atoms with Crippen LogP contribution in [0.3, 0.4) is 0 Å². The van der Waals surface area contributed by atoms with E-state index in [4.69, 9.17) is 24.9 Å². The molecule has 0 aliphatic carbocycles. The van der Waals surface area contributed by atoms with Crippen LogP contribution in [-0.2, 0) is 0 Å². The van der Waals surface area contributed by atoms with Gasteiger partial charge < -0.3 is 8.98 Å². The summed E-state index contributed by atoms with van der Waals surface area (Å²) in [5, 5.41) is 3.35. The number of benzene rings is 8. The number of aryl methyl sites for hydroxylation is 2. The van der Waals surface area contributed by atoms with Crippen molar-refractivity contribution in [2.45, 2.75) is 13.8 Å². The summed E-state index contributed by atoms with van der Waals surface area (Å²) < 4.78 is 42.3. The molecule has 3 aromatic heterocycles. The molecule has 0 amide bonds. The molecule has 0 spiro atoms. The molecule has 0 aliphatic rings. The summed E-state index contributed by atoms with van der Waals surface area (Å²) in [5.41, 5.74) is 12.3. The second-order valence-electron chi connectivity index (χ2n) is 14.8. The van der Waals surface area contributed by atoms with Crippen molar-refractivity contribution < 1.29 is 9.90 Å². The molecule has 0 saturated heterocycles. The lowest BCUT2D eigenvalue weighted by molar-refractivity contribution is 0.670. The molecular formula is C53H36N4O. The highest BCUT2D eigenvalue weighted by Gasteiger charge is 2.18. The largest absolute Gasteiger partial charge is 0.455 e. The number of hydrogen-bond donors (Lipinski definition) is 0. The first-order valence-corrected chi connectivity index (χ1v) is 19.3. The zero-order chi connectivity index (χ0) is 42.2. The number of fused-ring (bicyclic) bond motifs is 6. The van der Waals surface area contributed by atoms with E-state index < -0.39 is 0 Å². The van der Waals surface area contributed by atoms with Gasteiger partial charge in [0.15, 0.2) is 17.5 Å². The number of aromatic nitrogens is 4. The summed E-state index contributed by atoms with van der Waals surface area (Å²) in [6.07, 6.45) is 0. The molecule has 0 saturated carbocycles. The lowest BCUT2D eigenvalue weighted by atomic mass is 9.94. The second-order valence-corrected chi connectivity index (χ2v) is 14.8. The third-order valence-corrected chi connectivity index (χ3v) is 10.8. The Morgan fingerprint density at radius 3 is 1.84 bits per heavy atom. The van der Waals surface area contributed by atoms with Crippen LogP contribution in [0.15, 0.2) is 186 Å². The van der Waals surface area contributed by atoms with Gasteiger partial charge in [0.25, 0.3) is 0 Å². The average Bonchev–Trinajstić information content (AvgIpc) is 3.87. The van der Waals surface area contributed by atoms with Crippen molar-refractivity contribution in [3.63, 3.8) is 0 Å². The fraction of sp³-hybridized carbons (Fsp3) is 0.0377. The maximum Gasteiger partial charge on any atom is 0.164 e. The van der Waals surface area contributed by atoms with E-state index in [2.05, 4.69) is 122 Å². The van der Waals surface area contributed by atoms with Crippen LogP contribution in [-0.4, -0.2) is 19.5 Å². The van der Waals surface area contributed by atoms with Crippen LogP contribution in [0.25, 0.3) is 106 Å². The van der Waals surface area contributed by atoms with Crippen LogP contribution in [0.4, 0.5) is 0 Å². The van der Waals surface area contributed by atoms with Gasteiger partial charge in [-0.1, -0.05) is 133 Å². The number of rotatable bonds is 6. The van der Waals surface area contributed by atoms with Gasteiger partial charge in [-0.25, -0.2) is 15.0 Å². The molecule has 0 aliphatic heterocycles. The topological polar surface area (TPSA) is 56.7 Å². The van der Waals surface area contributed by atoms with E-state index in [0.717, 1.165) is 72.2 Å². The normalized spacial score (nSPS) is 12.6. The minimum Gasteiger partial charge on any atom is -0.455 e. The van der Waals surface area contributed by atoms with Crippen LogP contribution < -0.4 is 0 Å². The number of para-hydroxylation sites is 4. The molecule has 0 N–H and O–H groups in total. The monoisotopic (exact) mass is 748 g/mol. The van der Waals surface area contributed by atoms with E-state index in [1.807, 2.05) is 54.6 Å². The molecule has 5 nitrogen and oxygen atoms in total. The van der Waals surface area contributed by atoms with Crippen molar-refractivity contribution >= 4 is 43.7 Å². The predicted octanol–water partition coefficient (Wildman–Crippen LogP) is 13.8. The lowest BCUT2D eigenvalue weighted by Gasteiger charge is -2.13. The van der Waals surface area contributed by atoms with E-state index in [1.54, 1.807) is 0 Å². The maximum atomic E-state index is 8.64. The van der Waals surface area contributed by atoms with Crippen molar-refractivity contribution in [2.24, 2.45) is 0 Å². The van der Waals surface area contributed by atoms with Crippen molar-refractivity contribution in [2.75, 3.05) is 0 Å². The molecule has 5 heteroatoms. The molecule has 0 fully saturated rings. The minimum absolute atomic E-state index is 0.109. The Bertz CT molecular complexity index is 3600. The van der Waals surface area contributed by atoms with Gasteiger partial charge >= 0.3 is 0 Å². The number of nitrogens with zero attached hydrogens (tertiary/aromatic N) is 4. The van der Waals surface area contributed by atoms with E-state index in [9.17, 15) is 0 Å². The highest BCUT2D eigenvalue weighted by atomic mass is 16.3. The first-order valence-electron chi connectivity index (χ1n) is 21.3. The predicted molar refractivity (Wildman–Crippen MR) is 238 cm³/mol. The summed E-state index contributed by atoms with van der Waals surface area (Å²) in [7, 11) is 0. The van der Waals surface area contributed by atoms with E-state index in [-0.39, 0.29) is 29.8 Å². The summed E-state index contributed by atoms with van der Waals surface area (Å²) in [6, 6.07) is 53.0. The van der Waals surface area contributed by atoms with Crippen LogP contribution >= 0.6 is 0 Å². The molecule has 0 bridgehead atoms. The Morgan fingerprint density at radius 2 is 1.05 bits per heavy atom. The van der Waals surface area contributed by atoms with Gasteiger partial charge in [0, 0.05) is 49.5 Å². The molecule has 274 valence electrons. The first-order chi connectivity index (χ1) is 30.2. The molecule has 0 atom stereocenters. The van der Waals surface area contributed by atoms with Gasteiger partial charge in [-0.05, 0) is 90.2 Å². The Labute approximate surface area is 341 Å². The van der Waals surface area contributed by atoms with Crippen LogP contribution in [0, 0.1) is 13.8 Å². The molecule has 8 aromatic carbocycles. The quantitative estimate of drug-likeness (QED) is 0.170. The third-order valence-electron chi connectivity index (χ3n) is 10.8. The Hall–Kier alpha value is -7.63. The Morgan fingerprint density at radius 1 is 0.448 bits per heavy atom. The Balaban J connectivity index is 1.06. The van der Waals surface area contributed by atoms with Gasteiger partial charge in [0.1, 0.15) is 11.2 Å². The lowest BCUT2D eigenvalue weighted by Crippen LogP contribution is -2.01. The van der Waals surface area contributed by atoms with Crippen molar-refractivity contribution in [1.29, 1.82) is 0 Å². The van der Waals surface area contributed by atoms with Gasteiger partial charge in [-0.15, -0.1) is 0 Å². The molecule has 11 aromatic rings. The molecule has 0 unspecified atom stereocenters. The minimum atomic E-state index is -0.314. The zero-order valence-corrected chi connectivity index (χ0v) is 31.7. The van der Waals surface area contributed by atoms with Gasteiger partial charge in [0.05, 0.1) is 16.5 Å². The third kappa shape index (κ3) is 5.75. The summed E-state index contributed by atoms with van der Waals surface area (Å²) in [4.78, 5) is 15.4. The summed E-state index contributed by atoms with van der Waals surface area (Å²) in [6.45, 7) is 4.14. The first kappa shape index (κ1) is 29.6. The van der Waals surface area contributed by atoms with Crippen LogP contribution in [0.1, 0.15) is 16.6 Å². The smallest absolute Gasteiger partial charge is 0.164 e. The fourth-order valence-electron chi connectivity index (χ4n) is 8.24. The van der Waals surface area contributed by atoms with Crippen molar-refractivity contribution in [3.05, 3.63) is 193 Å². The maximum absolute atomic E-state index is 8.64. The fourth-order valence-corrected chi connectivity index (χ4v) is 8.24. The summed E-state index contributed by atoms with van der Waals surface area (Å²) >= 11 is 0. The molecule has 0 radical (unpaired) electrons. The zero-order valence-electron chi connectivity index (χ0n) is 35.7. The summed E-state index contributed by atoms with van der Waals surface area (Å²) in [5.74, 6) is 1.71. The van der Waals surface area contributed by atoms with E-state index in [0.29, 0.717) is 33.8 Å². The SMILES string of the molecule is [2H]c1c([2H])c([2H])c2c(oc3c(-c4cc(C)cc(-c5cc(C)cc(-c6nc(-c7ccccc7)nc(-c7ccc8c9ccccc9n(-c9ccccc9)c8c7)n6)c5)c4)cccc32)c1[2H]. The van der Waals surface area contributed by atoms with Gasteiger partial charge in [-0.2, -0.15) is 0 Å². The second kappa shape index (κ2) is 13.5. The number of hydrogen-bond acceptors (Lipinski definition) is 4. The van der Waals surface area contributed by atoms with Crippen LogP contribution in [0.5, 0.6) is 0 Å². The standard InChI is InChI=1S/C53H36N4O/c1-33-26-37(30-39(28-33)42-20-13-21-46-45-19-10-12-23-49(45)58-50(42)46)38-27-34(2)29-40(31-38)53-55-51(35-14-5-3-6-15-35)54-52(56-53)36-24-25-44-43-18-9-11-22-47(43)57(48(44)32-36)41-16-7-4-8-17-41/h3-32H,1-2H3/i10D,12D,19D,23D. The Kier molecular flexibility index (Phi) is 6.92. The van der Waals surface area contributed by atoms with Gasteiger partial charge in [-0.3, -0.25) is 0 Å². The van der Waals surface area contributed by atoms with Gasteiger partial charge in [0.2, 0.25) is 0 Å². The molecule has 58 heavy (non-hydrogen) atoms. The molecular weight excluding hydrogens is 709 g/mol. The number of furan rings is 1. The molecule has 11 rings (SSSR count).